The van der Waals surface area contributed by atoms with E-state index < -0.39 is 5.83 Å². The van der Waals surface area contributed by atoms with Crippen LogP contribution in [0.4, 0.5) is 4.39 Å². The lowest BCUT2D eigenvalue weighted by Crippen LogP contribution is -2.27. The smallest absolute Gasteiger partial charge is 0.262 e. The predicted octanol–water partition coefficient (Wildman–Crippen LogP) is 3.45. The molecule has 21 heavy (non-hydrogen) atoms. The van der Waals surface area contributed by atoms with Gasteiger partial charge in [-0.15, -0.1) is 0 Å². The highest BCUT2D eigenvalue weighted by molar-refractivity contribution is 5.88. The van der Waals surface area contributed by atoms with Crippen LogP contribution in [0.3, 0.4) is 0 Å². The molecule has 0 heterocycles. The monoisotopic (exact) mass is 294 g/mol. The summed E-state index contributed by atoms with van der Waals surface area (Å²) in [7, 11) is 0. The van der Waals surface area contributed by atoms with Crippen molar-refractivity contribution in [2.45, 2.75) is 27.7 Å². The Morgan fingerprint density at radius 2 is 2.10 bits per heavy atom. The van der Waals surface area contributed by atoms with Crippen molar-refractivity contribution >= 4 is 12.1 Å². The highest BCUT2D eigenvalue weighted by Crippen LogP contribution is 2.11. The van der Waals surface area contributed by atoms with Gasteiger partial charge in [-0.2, -0.15) is 0 Å². The fourth-order valence-corrected chi connectivity index (χ4v) is 1.14. The van der Waals surface area contributed by atoms with E-state index in [0.717, 1.165) is 0 Å². The molecule has 0 aromatic rings. The summed E-state index contributed by atoms with van der Waals surface area (Å²) in [6.45, 7) is 10.9. The highest BCUT2D eigenvalue weighted by Gasteiger charge is 2.05. The molecule has 0 aromatic heterocycles. The maximum absolute atomic E-state index is 13.4. The molecule has 0 rings (SSSR count). The van der Waals surface area contributed by atoms with Crippen molar-refractivity contribution in [1.29, 1.82) is 0 Å². The lowest BCUT2D eigenvalue weighted by molar-refractivity contribution is -0.123. The molecule has 0 spiro atoms. The third kappa shape index (κ3) is 8.57. The number of rotatable bonds is 8. The molecule has 0 aromatic carbocycles. The average Bonchev–Trinajstić information content (AvgIpc) is 2.47. The van der Waals surface area contributed by atoms with Gasteiger partial charge < -0.3 is 10.1 Å². The summed E-state index contributed by atoms with van der Waals surface area (Å²) in [5.74, 6) is -0.557. The summed E-state index contributed by atoms with van der Waals surface area (Å²) in [5, 5.41) is 2.64. The van der Waals surface area contributed by atoms with E-state index >= 15 is 0 Å². The van der Waals surface area contributed by atoms with Gasteiger partial charge in [-0.3, -0.25) is 9.79 Å². The molecule has 0 aliphatic heterocycles. The van der Waals surface area contributed by atoms with Crippen LogP contribution in [0.1, 0.15) is 27.7 Å². The van der Waals surface area contributed by atoms with Crippen molar-refractivity contribution in [3.05, 3.63) is 47.7 Å². The molecule has 0 radical (unpaired) electrons. The Balaban J connectivity index is 4.57. The quantitative estimate of drug-likeness (QED) is 0.423. The predicted molar refractivity (Wildman–Crippen MR) is 84.6 cm³/mol. The molecule has 0 atom stereocenters. The van der Waals surface area contributed by atoms with Gasteiger partial charge in [0.05, 0.1) is 5.70 Å². The van der Waals surface area contributed by atoms with Gasteiger partial charge in [0, 0.05) is 18.8 Å². The van der Waals surface area contributed by atoms with Crippen molar-refractivity contribution in [3.63, 3.8) is 0 Å². The van der Waals surface area contributed by atoms with E-state index in [2.05, 4.69) is 16.9 Å². The number of ether oxygens (including phenoxy) is 1. The van der Waals surface area contributed by atoms with E-state index in [1.807, 2.05) is 6.92 Å². The summed E-state index contributed by atoms with van der Waals surface area (Å²) in [6, 6.07) is 0. The second-order valence-electron chi connectivity index (χ2n) is 4.31. The van der Waals surface area contributed by atoms with Crippen molar-refractivity contribution in [2.24, 2.45) is 4.99 Å². The van der Waals surface area contributed by atoms with E-state index in [-0.39, 0.29) is 18.3 Å². The number of amides is 1. The zero-order chi connectivity index (χ0) is 16.3. The summed E-state index contributed by atoms with van der Waals surface area (Å²) in [6.07, 6.45) is 5.85. The normalized spacial score (nSPS) is 12.2. The third-order valence-electron chi connectivity index (χ3n) is 2.33. The lowest BCUT2D eigenvalue weighted by atomic mass is 10.3. The fourth-order valence-electron chi connectivity index (χ4n) is 1.14. The van der Waals surface area contributed by atoms with Crippen LogP contribution in [0.5, 0.6) is 0 Å². The number of nitrogens with zero attached hydrogens (tertiary/aromatic N) is 1. The van der Waals surface area contributed by atoms with E-state index in [1.165, 1.54) is 12.2 Å². The summed E-state index contributed by atoms with van der Waals surface area (Å²) < 4.78 is 18.6. The molecule has 0 fully saturated rings. The van der Waals surface area contributed by atoms with Crippen molar-refractivity contribution in [1.82, 2.24) is 5.32 Å². The Labute approximate surface area is 125 Å². The number of carbonyl (C=O) groups excluding carboxylic acids is 1. The first-order valence-corrected chi connectivity index (χ1v) is 6.70. The van der Waals surface area contributed by atoms with Gasteiger partial charge in [-0.25, -0.2) is 4.39 Å². The van der Waals surface area contributed by atoms with Gasteiger partial charge in [0.2, 0.25) is 0 Å². The zero-order valence-corrected chi connectivity index (χ0v) is 13.1. The van der Waals surface area contributed by atoms with Crippen LogP contribution >= 0.6 is 0 Å². The SMILES string of the molecule is C=C/C(=C\C(F)=C(C)C)OCC(=O)N/C(C=NCC)=C/C. The minimum Gasteiger partial charge on any atom is -0.484 e. The molecule has 116 valence electrons. The maximum atomic E-state index is 13.4. The molecular weight excluding hydrogens is 271 g/mol. The summed E-state index contributed by atoms with van der Waals surface area (Å²) in [4.78, 5) is 15.7. The van der Waals surface area contributed by atoms with Gasteiger partial charge >= 0.3 is 0 Å². The molecule has 4 nitrogen and oxygen atoms in total. The van der Waals surface area contributed by atoms with Crippen LogP contribution < -0.4 is 5.32 Å². The first kappa shape index (κ1) is 18.8. The molecule has 0 aliphatic rings. The summed E-state index contributed by atoms with van der Waals surface area (Å²) in [5.41, 5.74) is 1.11. The van der Waals surface area contributed by atoms with Crippen molar-refractivity contribution < 1.29 is 13.9 Å². The average molecular weight is 294 g/mol. The number of hydrogen-bond acceptors (Lipinski definition) is 3. The Morgan fingerprint density at radius 1 is 1.43 bits per heavy atom. The van der Waals surface area contributed by atoms with Crippen LogP contribution in [0.15, 0.2) is 52.7 Å². The Kier molecular flexibility index (Phi) is 9.50. The molecule has 0 saturated carbocycles. The minimum atomic E-state index is -0.408. The molecule has 1 amide bonds. The number of nitrogens with one attached hydrogen (secondary N) is 1. The standard InChI is InChI=1S/C16H23FN2O2/c1-6-13(10-18-8-3)19-16(20)11-21-14(7-2)9-15(17)12(4)5/h6-7,9-10H,2,8,11H2,1,3-5H3,(H,19,20)/b13-6+,14-9+,18-10?. The van der Waals surface area contributed by atoms with Crippen LogP contribution in [-0.2, 0) is 9.53 Å². The van der Waals surface area contributed by atoms with Crippen LogP contribution in [0.25, 0.3) is 0 Å². The van der Waals surface area contributed by atoms with E-state index in [1.54, 1.807) is 33.1 Å². The lowest BCUT2D eigenvalue weighted by Gasteiger charge is -2.08. The van der Waals surface area contributed by atoms with E-state index in [0.29, 0.717) is 17.8 Å². The Morgan fingerprint density at radius 3 is 2.57 bits per heavy atom. The topological polar surface area (TPSA) is 50.7 Å². The Bertz CT molecular complexity index is 485. The molecule has 0 saturated heterocycles. The second-order valence-corrected chi connectivity index (χ2v) is 4.31. The molecule has 0 bridgehead atoms. The first-order chi connectivity index (χ1) is 9.94. The van der Waals surface area contributed by atoms with Gasteiger partial charge in [-0.05, 0) is 39.3 Å². The molecule has 1 N–H and O–H groups in total. The minimum absolute atomic E-state index is 0.202. The van der Waals surface area contributed by atoms with Crippen LogP contribution in [0.2, 0.25) is 0 Å². The van der Waals surface area contributed by atoms with Gasteiger partial charge in [0.15, 0.2) is 6.61 Å². The highest BCUT2D eigenvalue weighted by atomic mass is 19.1. The number of allylic oxidation sites excluding steroid dienone is 6. The van der Waals surface area contributed by atoms with Gasteiger partial charge in [-0.1, -0.05) is 12.7 Å². The molecule has 0 unspecified atom stereocenters. The van der Waals surface area contributed by atoms with Gasteiger partial charge in [0.25, 0.3) is 5.91 Å². The van der Waals surface area contributed by atoms with Crippen molar-refractivity contribution in [3.8, 4) is 0 Å². The Hall–Kier alpha value is -2.17. The largest absolute Gasteiger partial charge is 0.484 e. The van der Waals surface area contributed by atoms with Crippen molar-refractivity contribution in [2.75, 3.05) is 13.2 Å². The number of halogens is 1. The van der Waals surface area contributed by atoms with Crippen LogP contribution in [-0.4, -0.2) is 25.3 Å². The van der Waals surface area contributed by atoms with E-state index in [4.69, 9.17) is 4.74 Å². The number of aliphatic imine (C=N–C) groups is 1. The van der Waals surface area contributed by atoms with E-state index in [9.17, 15) is 9.18 Å². The fraction of sp³-hybridized carbons (Fsp3) is 0.375. The second kappa shape index (κ2) is 10.6. The first-order valence-electron chi connectivity index (χ1n) is 6.70. The maximum Gasteiger partial charge on any atom is 0.262 e. The molecular formula is C16H23FN2O2. The number of hydrogen-bond donors (Lipinski definition) is 1. The zero-order valence-electron chi connectivity index (χ0n) is 13.1. The molecule has 5 heteroatoms. The third-order valence-corrected chi connectivity index (χ3v) is 2.33. The molecule has 0 aliphatic carbocycles. The van der Waals surface area contributed by atoms with Crippen LogP contribution in [0, 0.1) is 0 Å². The number of carbonyl (C=O) groups is 1. The summed E-state index contributed by atoms with van der Waals surface area (Å²) >= 11 is 0. The van der Waals surface area contributed by atoms with Gasteiger partial charge in [0.1, 0.15) is 11.6 Å².